The van der Waals surface area contributed by atoms with Crippen LogP contribution < -0.4 is 0 Å². The normalized spacial score (nSPS) is 15.9. The Morgan fingerprint density at radius 3 is 2.38 bits per heavy atom. The molecule has 0 radical (unpaired) electrons. The highest BCUT2D eigenvalue weighted by atomic mass is 79.9. The zero-order chi connectivity index (χ0) is 23.7. The zero-order valence-electron chi connectivity index (χ0n) is 17.8. The fraction of sp³-hybridized carbons (Fsp3) is 0.348. The summed E-state index contributed by atoms with van der Waals surface area (Å²) in [6.45, 7) is 3.00. The van der Waals surface area contributed by atoms with Crippen LogP contribution >= 0.6 is 15.9 Å². The summed E-state index contributed by atoms with van der Waals surface area (Å²) >= 11 is 3.46. The lowest BCUT2D eigenvalue weighted by Crippen LogP contribution is -2.43. The van der Waals surface area contributed by atoms with Gasteiger partial charge in [0.05, 0.1) is 5.92 Å². The molecular weight excluding hydrogens is 480 g/mol. The number of carboxylic acids is 2. The van der Waals surface area contributed by atoms with Gasteiger partial charge >= 0.3 is 11.9 Å². The van der Waals surface area contributed by atoms with E-state index in [9.17, 15) is 9.90 Å². The fourth-order valence-electron chi connectivity index (χ4n) is 3.57. The molecule has 32 heavy (non-hydrogen) atoms. The molecule has 172 valence electrons. The third-order valence-electron chi connectivity index (χ3n) is 5.11. The van der Waals surface area contributed by atoms with Gasteiger partial charge in [0, 0.05) is 36.7 Å². The average molecular weight is 507 g/mol. The van der Waals surface area contributed by atoms with Gasteiger partial charge < -0.3 is 20.2 Å². The molecule has 1 atom stereocenters. The minimum Gasteiger partial charge on any atom is -0.508 e. The summed E-state index contributed by atoms with van der Waals surface area (Å²) < 4.78 is 0.956. The van der Waals surface area contributed by atoms with E-state index in [1.807, 2.05) is 54.4 Å². The number of phenolic OH excluding ortho intramolecular Hbond substituents is 1. The number of benzene rings is 2. The minimum atomic E-state index is -1.82. The number of amides is 1. The number of carbonyl (C=O) groups excluding carboxylic acids is 1. The molecule has 1 unspecified atom stereocenters. The number of rotatable bonds is 5. The van der Waals surface area contributed by atoms with Crippen LogP contribution in [-0.4, -0.2) is 63.1 Å². The van der Waals surface area contributed by atoms with Crippen LogP contribution in [0.4, 0.5) is 0 Å². The zero-order valence-corrected chi connectivity index (χ0v) is 19.4. The van der Waals surface area contributed by atoms with E-state index in [4.69, 9.17) is 19.8 Å². The van der Waals surface area contributed by atoms with Crippen molar-refractivity contribution in [3.63, 3.8) is 0 Å². The fourth-order valence-corrected chi connectivity index (χ4v) is 3.98. The van der Waals surface area contributed by atoms with Crippen molar-refractivity contribution in [1.29, 1.82) is 0 Å². The number of halogens is 1. The van der Waals surface area contributed by atoms with Crippen molar-refractivity contribution in [1.82, 2.24) is 9.80 Å². The highest BCUT2D eigenvalue weighted by Gasteiger charge is 2.28. The average Bonchev–Trinajstić information content (AvgIpc) is 2.77. The summed E-state index contributed by atoms with van der Waals surface area (Å²) in [6.07, 6.45) is 1.93. The topological polar surface area (TPSA) is 118 Å². The predicted octanol–water partition coefficient (Wildman–Crippen LogP) is 3.18. The van der Waals surface area contributed by atoms with E-state index in [1.54, 1.807) is 6.07 Å². The van der Waals surface area contributed by atoms with E-state index < -0.39 is 11.9 Å². The van der Waals surface area contributed by atoms with Gasteiger partial charge in [0.25, 0.3) is 0 Å². The van der Waals surface area contributed by atoms with Crippen molar-refractivity contribution in [3.8, 4) is 5.75 Å². The molecule has 1 heterocycles. The van der Waals surface area contributed by atoms with E-state index in [0.717, 1.165) is 41.5 Å². The van der Waals surface area contributed by atoms with Gasteiger partial charge in [-0.1, -0.05) is 46.3 Å². The highest BCUT2D eigenvalue weighted by molar-refractivity contribution is 9.10. The van der Waals surface area contributed by atoms with Gasteiger partial charge in [-0.25, -0.2) is 9.59 Å². The maximum atomic E-state index is 12.9. The Bertz CT molecular complexity index is 925. The molecule has 8 nitrogen and oxygen atoms in total. The molecule has 3 rings (SSSR count). The van der Waals surface area contributed by atoms with E-state index in [-0.39, 0.29) is 11.8 Å². The molecule has 0 bridgehead atoms. The van der Waals surface area contributed by atoms with Gasteiger partial charge in [-0.15, -0.1) is 0 Å². The van der Waals surface area contributed by atoms with Crippen molar-refractivity contribution in [2.75, 3.05) is 20.1 Å². The van der Waals surface area contributed by atoms with E-state index in [1.165, 1.54) is 0 Å². The molecule has 1 fully saturated rings. The number of aliphatic carboxylic acids is 2. The smallest absolute Gasteiger partial charge is 0.414 e. The SMILES string of the molecule is CN(Cc1ccccc1)C(=O)C1CCCN(Cc2cc(Br)ccc2O)C1.O=C(O)C(=O)O. The summed E-state index contributed by atoms with van der Waals surface area (Å²) in [5.41, 5.74) is 2.04. The molecule has 2 aromatic rings. The molecule has 0 aliphatic carbocycles. The number of phenols is 1. The Balaban J connectivity index is 0.000000534. The van der Waals surface area contributed by atoms with Crippen LogP contribution in [0.5, 0.6) is 5.75 Å². The quantitative estimate of drug-likeness (QED) is 0.532. The summed E-state index contributed by atoms with van der Waals surface area (Å²) in [5.74, 6) is -3.11. The van der Waals surface area contributed by atoms with Crippen LogP contribution in [0, 0.1) is 5.92 Å². The third kappa shape index (κ3) is 7.97. The van der Waals surface area contributed by atoms with E-state index >= 15 is 0 Å². The van der Waals surface area contributed by atoms with Gasteiger partial charge in [-0.2, -0.15) is 0 Å². The summed E-state index contributed by atoms with van der Waals surface area (Å²) in [5, 5.41) is 24.9. The lowest BCUT2D eigenvalue weighted by molar-refractivity contribution is -0.159. The Morgan fingerprint density at radius 1 is 1.09 bits per heavy atom. The molecule has 0 aromatic heterocycles. The maximum absolute atomic E-state index is 12.9. The molecule has 2 aromatic carbocycles. The highest BCUT2D eigenvalue weighted by Crippen LogP contribution is 2.26. The second-order valence-electron chi connectivity index (χ2n) is 7.64. The third-order valence-corrected chi connectivity index (χ3v) is 5.61. The van der Waals surface area contributed by atoms with Crippen molar-refractivity contribution in [3.05, 3.63) is 64.1 Å². The van der Waals surface area contributed by atoms with E-state index in [2.05, 4.69) is 20.8 Å². The molecule has 1 amide bonds. The lowest BCUT2D eigenvalue weighted by Gasteiger charge is -2.34. The van der Waals surface area contributed by atoms with Crippen LogP contribution in [-0.2, 0) is 27.5 Å². The first-order chi connectivity index (χ1) is 15.2. The Morgan fingerprint density at radius 2 is 1.75 bits per heavy atom. The first kappa shape index (κ1) is 25.4. The van der Waals surface area contributed by atoms with Gasteiger partial charge in [-0.3, -0.25) is 9.69 Å². The Kier molecular flexibility index (Phi) is 9.67. The monoisotopic (exact) mass is 506 g/mol. The first-order valence-electron chi connectivity index (χ1n) is 10.1. The number of carbonyl (C=O) groups is 3. The van der Waals surface area contributed by atoms with Crippen molar-refractivity contribution in [2.45, 2.75) is 25.9 Å². The number of carboxylic acid groups (broad SMARTS) is 2. The van der Waals surface area contributed by atoms with E-state index in [0.29, 0.717) is 18.8 Å². The van der Waals surface area contributed by atoms with Gasteiger partial charge in [0.1, 0.15) is 5.75 Å². The Labute approximate surface area is 195 Å². The lowest BCUT2D eigenvalue weighted by atomic mass is 9.96. The molecule has 1 aliphatic rings. The molecule has 0 spiro atoms. The van der Waals surface area contributed by atoms with Gasteiger partial charge in [0.15, 0.2) is 0 Å². The molecule has 9 heteroatoms. The van der Waals surface area contributed by atoms with Crippen LogP contribution in [0.15, 0.2) is 53.0 Å². The number of piperidine rings is 1. The molecule has 3 N–H and O–H groups in total. The second-order valence-corrected chi connectivity index (χ2v) is 8.55. The second kappa shape index (κ2) is 12.2. The number of nitrogens with zero attached hydrogens (tertiary/aromatic N) is 2. The van der Waals surface area contributed by atoms with Crippen molar-refractivity contribution < 1.29 is 29.7 Å². The molecular formula is C23H27BrN2O6. The van der Waals surface area contributed by atoms with Crippen LogP contribution in [0.1, 0.15) is 24.0 Å². The standard InChI is InChI=1S/C21H25BrN2O2.C2H2O4/c1-23(13-16-6-3-2-4-7-16)21(26)17-8-5-11-24(14-17)15-18-12-19(22)9-10-20(18)25;3-1(4)2(5)6/h2-4,6-7,9-10,12,17,25H,5,8,11,13-15H2,1H3;(H,3,4)(H,5,6). The number of hydrogen-bond donors (Lipinski definition) is 3. The van der Waals surface area contributed by atoms with Crippen LogP contribution in [0.25, 0.3) is 0 Å². The summed E-state index contributed by atoms with van der Waals surface area (Å²) in [7, 11) is 1.88. The minimum absolute atomic E-state index is 0.0201. The van der Waals surface area contributed by atoms with Gasteiger partial charge in [-0.05, 0) is 43.1 Å². The van der Waals surface area contributed by atoms with Crippen molar-refractivity contribution in [2.24, 2.45) is 5.92 Å². The summed E-state index contributed by atoms with van der Waals surface area (Å²) in [4.78, 5) is 35.2. The van der Waals surface area contributed by atoms with Crippen molar-refractivity contribution >= 4 is 33.8 Å². The Hall–Kier alpha value is -2.91. The maximum Gasteiger partial charge on any atom is 0.414 e. The molecule has 1 saturated heterocycles. The number of hydrogen-bond acceptors (Lipinski definition) is 5. The molecule has 1 aliphatic heterocycles. The molecule has 0 saturated carbocycles. The number of likely N-dealkylation sites (tertiary alicyclic amines) is 1. The van der Waals surface area contributed by atoms with Crippen LogP contribution in [0.3, 0.4) is 0 Å². The number of aromatic hydroxyl groups is 1. The van der Waals surface area contributed by atoms with Gasteiger partial charge in [0.2, 0.25) is 5.91 Å². The van der Waals surface area contributed by atoms with Crippen LogP contribution in [0.2, 0.25) is 0 Å². The predicted molar refractivity (Wildman–Crippen MR) is 122 cm³/mol. The first-order valence-corrected chi connectivity index (χ1v) is 10.9. The summed E-state index contributed by atoms with van der Waals surface area (Å²) in [6, 6.07) is 15.6. The largest absolute Gasteiger partial charge is 0.508 e.